The number of thioether (sulfide) groups is 1. The molecule has 1 saturated heterocycles. The van der Waals surface area contributed by atoms with Crippen molar-refractivity contribution >= 4 is 63.3 Å². The number of carbonyl (C=O) groups excluding carboxylic acids is 3. The normalized spacial score (nSPS) is 16.8. The molecule has 0 aliphatic carbocycles. The number of fused-ring (bicyclic) bond motifs is 1. The number of carbonyl (C=O) groups is 3. The van der Waals surface area contributed by atoms with Crippen molar-refractivity contribution < 1.29 is 28.7 Å². The van der Waals surface area contributed by atoms with Crippen molar-refractivity contribution in [3.63, 3.8) is 0 Å². The van der Waals surface area contributed by atoms with Crippen molar-refractivity contribution in [2.45, 2.75) is 23.6 Å². The van der Waals surface area contributed by atoms with Crippen LogP contribution in [-0.4, -0.2) is 70.6 Å². The highest BCUT2D eigenvalue weighted by Gasteiger charge is 2.54. The van der Waals surface area contributed by atoms with Gasteiger partial charge in [0.15, 0.2) is 10.8 Å². The number of halogens is 1. The number of anilines is 1. The second-order valence-electron chi connectivity index (χ2n) is 12.5. The molecule has 2 N–H and O–H groups in total. The highest BCUT2D eigenvalue weighted by atomic mass is 35.5. The lowest BCUT2D eigenvalue weighted by Crippen LogP contribution is -2.71. The zero-order valence-electron chi connectivity index (χ0n) is 29.8. The minimum absolute atomic E-state index is 0.00755. The summed E-state index contributed by atoms with van der Waals surface area (Å²) < 4.78 is 10.8. The fraction of sp³-hybridized carbons (Fsp3) is 0.195. The van der Waals surface area contributed by atoms with Crippen molar-refractivity contribution in [1.82, 2.24) is 15.2 Å². The van der Waals surface area contributed by atoms with Crippen molar-refractivity contribution in [3.8, 4) is 5.75 Å². The van der Waals surface area contributed by atoms with Crippen LogP contribution in [0, 0.1) is 0 Å². The Bertz CT molecular complexity index is 2120. The van der Waals surface area contributed by atoms with Gasteiger partial charge in [-0.3, -0.25) is 14.5 Å². The Labute approximate surface area is 331 Å². The number of oxime groups is 1. The van der Waals surface area contributed by atoms with Crippen LogP contribution in [-0.2, 0) is 36.1 Å². The number of thiazole rings is 1. The number of esters is 1. The molecular weight excluding hydrogens is 758 g/mol. The van der Waals surface area contributed by atoms with E-state index in [9.17, 15) is 14.4 Å². The monoisotopic (exact) mass is 793 g/mol. The summed E-state index contributed by atoms with van der Waals surface area (Å²) in [6, 6.07) is 36.4. The molecule has 2 aliphatic rings. The Morgan fingerprint density at radius 1 is 0.909 bits per heavy atom. The number of hydrogen-bond acceptors (Lipinski definition) is 11. The maximum absolute atomic E-state index is 13.9. The van der Waals surface area contributed by atoms with Gasteiger partial charge >= 0.3 is 5.97 Å². The number of methoxy groups -OCH3 is 1. The van der Waals surface area contributed by atoms with Crippen molar-refractivity contribution in [3.05, 3.63) is 160 Å². The van der Waals surface area contributed by atoms with Crippen molar-refractivity contribution in [2.24, 2.45) is 5.16 Å². The van der Waals surface area contributed by atoms with Gasteiger partial charge in [-0.25, -0.2) is 9.78 Å². The third-order valence-corrected chi connectivity index (χ3v) is 11.7. The molecule has 14 heteroatoms. The lowest BCUT2D eigenvalue weighted by Gasteiger charge is -2.49. The van der Waals surface area contributed by atoms with Crippen LogP contribution in [0.15, 0.2) is 137 Å². The number of ether oxygens (including phenoxy) is 2. The fourth-order valence-electron chi connectivity index (χ4n) is 6.60. The third-order valence-electron chi connectivity index (χ3n) is 9.28. The molecule has 7 rings (SSSR count). The largest absolute Gasteiger partial charge is 0.497 e. The second-order valence-corrected chi connectivity index (χ2v) is 14.7. The van der Waals surface area contributed by atoms with Crippen LogP contribution in [0.2, 0.25) is 0 Å². The number of nitrogens with zero attached hydrogens (tertiary/aromatic N) is 3. The Balaban J connectivity index is 1.10. The summed E-state index contributed by atoms with van der Waals surface area (Å²) in [5.41, 5.74) is 3.68. The van der Waals surface area contributed by atoms with Crippen LogP contribution >= 0.6 is 34.7 Å². The van der Waals surface area contributed by atoms with Crippen LogP contribution in [0.3, 0.4) is 0 Å². The first-order valence-corrected chi connectivity index (χ1v) is 19.7. The molecule has 11 nitrogen and oxygen atoms in total. The summed E-state index contributed by atoms with van der Waals surface area (Å²) in [5, 5.41) is 12.2. The molecule has 2 atom stereocenters. The molecule has 55 heavy (non-hydrogen) atoms. The van der Waals surface area contributed by atoms with Gasteiger partial charge in [0.1, 0.15) is 47.8 Å². The van der Waals surface area contributed by atoms with E-state index in [4.69, 9.17) is 30.9 Å². The summed E-state index contributed by atoms with van der Waals surface area (Å²) in [4.78, 5) is 52.1. The van der Waals surface area contributed by atoms with Gasteiger partial charge in [0, 0.05) is 17.0 Å². The van der Waals surface area contributed by atoms with Gasteiger partial charge in [-0.15, -0.1) is 34.7 Å². The highest BCUT2D eigenvalue weighted by molar-refractivity contribution is 8.00. The van der Waals surface area contributed by atoms with Gasteiger partial charge in [-0.2, -0.15) is 0 Å². The first-order valence-electron chi connectivity index (χ1n) is 17.2. The second kappa shape index (κ2) is 16.8. The molecule has 0 bridgehead atoms. The van der Waals surface area contributed by atoms with E-state index in [-0.39, 0.29) is 29.6 Å². The number of nitrogens with one attached hydrogen (secondary N) is 2. The Hall–Kier alpha value is -5.63. The maximum atomic E-state index is 13.9. The van der Waals surface area contributed by atoms with Crippen LogP contribution in [0.1, 0.15) is 27.9 Å². The van der Waals surface area contributed by atoms with Crippen LogP contribution in [0.25, 0.3) is 0 Å². The number of aromatic nitrogens is 1. The van der Waals surface area contributed by atoms with Gasteiger partial charge in [-0.1, -0.05) is 108 Å². The number of rotatable bonds is 14. The average Bonchev–Trinajstić information content (AvgIpc) is 3.71. The summed E-state index contributed by atoms with van der Waals surface area (Å²) in [5.74, 6) is -0.706. The molecule has 0 radical (unpaired) electrons. The average molecular weight is 794 g/mol. The van der Waals surface area contributed by atoms with E-state index in [1.54, 1.807) is 36.8 Å². The molecule has 0 saturated carbocycles. The Morgan fingerprint density at radius 2 is 1.51 bits per heavy atom. The minimum Gasteiger partial charge on any atom is -0.497 e. The fourth-order valence-corrected chi connectivity index (χ4v) is 9.03. The van der Waals surface area contributed by atoms with E-state index in [1.165, 1.54) is 35.1 Å². The molecule has 4 aromatic carbocycles. The SMILES string of the molecule is CO/N=C(\C(=O)NC1C(=O)N2C(C(=O)OCc3ccc(OC)cc3)=C(CCl)CS[C@@H]12)c1csc(NC(c2ccccc2)(c2ccccc2)c2ccccc2)n1. The van der Waals surface area contributed by atoms with Gasteiger partial charge < -0.3 is 24.9 Å². The van der Waals surface area contributed by atoms with Crippen molar-refractivity contribution in [1.29, 1.82) is 0 Å². The maximum Gasteiger partial charge on any atom is 0.355 e. The molecule has 1 fully saturated rings. The Kier molecular flexibility index (Phi) is 11.5. The molecule has 1 aromatic heterocycles. The predicted octanol–water partition coefficient (Wildman–Crippen LogP) is 6.54. The minimum atomic E-state index is -0.945. The number of β-lactam (4-membered cyclic amide) rings is 1. The quantitative estimate of drug-likeness (QED) is 0.0321. The highest BCUT2D eigenvalue weighted by Crippen LogP contribution is 2.42. The topological polar surface area (TPSA) is 131 Å². The number of alkyl halides is 1. The van der Waals surface area contributed by atoms with Crippen LogP contribution < -0.4 is 15.4 Å². The number of hydrogen-bond donors (Lipinski definition) is 2. The third kappa shape index (κ3) is 7.55. The molecule has 3 heterocycles. The Morgan fingerprint density at radius 3 is 2.05 bits per heavy atom. The van der Waals surface area contributed by atoms with Gasteiger partial charge in [0.25, 0.3) is 11.8 Å². The molecule has 1 unspecified atom stereocenters. The summed E-state index contributed by atoms with van der Waals surface area (Å²) in [6.07, 6.45) is 0. The zero-order valence-corrected chi connectivity index (χ0v) is 32.2. The van der Waals surface area contributed by atoms with Gasteiger partial charge in [-0.05, 0) is 40.0 Å². The molecule has 2 amide bonds. The molecule has 2 aliphatic heterocycles. The first kappa shape index (κ1) is 37.7. The smallest absolute Gasteiger partial charge is 0.355 e. The summed E-state index contributed by atoms with van der Waals surface area (Å²) in [6.45, 7) is -0.00755. The van der Waals surface area contributed by atoms with E-state index in [2.05, 4.69) is 52.2 Å². The molecule has 280 valence electrons. The van der Waals surface area contributed by atoms with Crippen LogP contribution in [0.4, 0.5) is 5.13 Å². The van der Waals surface area contributed by atoms with E-state index in [0.29, 0.717) is 22.2 Å². The van der Waals surface area contributed by atoms with E-state index >= 15 is 0 Å². The molecule has 0 spiro atoms. The van der Waals surface area contributed by atoms with E-state index < -0.39 is 34.7 Å². The lowest BCUT2D eigenvalue weighted by molar-refractivity contribution is -0.153. The van der Waals surface area contributed by atoms with Gasteiger partial charge in [0.2, 0.25) is 0 Å². The predicted molar refractivity (Wildman–Crippen MR) is 214 cm³/mol. The lowest BCUT2D eigenvalue weighted by atomic mass is 9.77. The van der Waals surface area contributed by atoms with Crippen LogP contribution in [0.5, 0.6) is 5.75 Å². The van der Waals surface area contributed by atoms with E-state index in [0.717, 1.165) is 22.3 Å². The van der Waals surface area contributed by atoms with Crippen molar-refractivity contribution in [2.75, 3.05) is 31.2 Å². The zero-order chi connectivity index (χ0) is 38.4. The first-order chi connectivity index (χ1) is 26.9. The summed E-state index contributed by atoms with van der Waals surface area (Å²) in [7, 11) is 2.90. The number of amides is 2. The standard InChI is InChI=1S/C41H36ClN5O6S2/c1-51-31-20-18-26(19-21-31)23-53-39(50)35-27(22-42)24-54-38-34(37(49)47(35)38)44-36(48)33(46-52-2)32-25-55-40(43-32)45-41(28-12-6-3-7-13-28,29-14-8-4-9-15-29)30-16-10-5-11-17-30/h3-21,25,34,38H,22-24H2,1-2H3,(H,43,45)(H,44,48)/b46-33-/t34?,38-/m0/s1. The summed E-state index contributed by atoms with van der Waals surface area (Å²) >= 11 is 8.93. The van der Waals surface area contributed by atoms with Gasteiger partial charge in [0.05, 0.1) is 7.11 Å². The molecule has 5 aromatic rings. The van der Waals surface area contributed by atoms with E-state index in [1.807, 2.05) is 54.6 Å². The molecular formula is C41H36ClN5O6S2. The number of benzene rings is 4.